The number of halogens is 1. The van der Waals surface area contributed by atoms with Crippen LogP contribution in [0, 0.1) is 0 Å². The minimum absolute atomic E-state index is 0.0491. The monoisotopic (exact) mass is 571 g/mol. The van der Waals surface area contributed by atoms with E-state index in [9.17, 15) is 14.7 Å². The van der Waals surface area contributed by atoms with Crippen LogP contribution in [0.2, 0.25) is 5.15 Å². The maximum atomic E-state index is 12.7. The SMILES string of the molecule is CN(CC(=O)NC1CCCC1)c1nc(Cc2ccc(NCc3ccc4ccccc4c3)cc2)nc(Cl)c1CC(=O)O. The Balaban J connectivity index is 1.26. The zero-order chi connectivity index (χ0) is 28.8. The zero-order valence-electron chi connectivity index (χ0n) is 23.1. The van der Waals surface area contributed by atoms with Gasteiger partial charge in [0.2, 0.25) is 5.91 Å². The molecule has 3 N–H and O–H groups in total. The molecule has 0 unspecified atom stereocenters. The highest BCUT2D eigenvalue weighted by atomic mass is 35.5. The second kappa shape index (κ2) is 13.0. The van der Waals surface area contributed by atoms with Crippen LogP contribution in [0.5, 0.6) is 0 Å². The number of nitrogens with zero attached hydrogens (tertiary/aromatic N) is 3. The number of amides is 1. The van der Waals surface area contributed by atoms with E-state index in [2.05, 4.69) is 50.9 Å². The lowest BCUT2D eigenvalue weighted by Gasteiger charge is -2.22. The van der Waals surface area contributed by atoms with Crippen molar-refractivity contribution in [2.75, 3.05) is 23.8 Å². The smallest absolute Gasteiger partial charge is 0.308 e. The number of carbonyl (C=O) groups excluding carboxylic acids is 1. The van der Waals surface area contributed by atoms with Crippen molar-refractivity contribution in [3.63, 3.8) is 0 Å². The number of hydrogen-bond donors (Lipinski definition) is 3. The molecule has 212 valence electrons. The number of carboxylic acids is 1. The highest BCUT2D eigenvalue weighted by molar-refractivity contribution is 6.30. The van der Waals surface area contributed by atoms with Gasteiger partial charge in [-0.15, -0.1) is 0 Å². The molecule has 1 aliphatic carbocycles. The van der Waals surface area contributed by atoms with E-state index in [1.807, 2.05) is 36.4 Å². The molecule has 0 radical (unpaired) electrons. The summed E-state index contributed by atoms with van der Waals surface area (Å²) < 4.78 is 0. The Morgan fingerprint density at radius 1 is 0.976 bits per heavy atom. The van der Waals surface area contributed by atoms with Gasteiger partial charge >= 0.3 is 5.97 Å². The van der Waals surface area contributed by atoms with Crippen LogP contribution in [0.3, 0.4) is 0 Å². The molecule has 0 aliphatic heterocycles. The van der Waals surface area contributed by atoms with Gasteiger partial charge in [-0.1, -0.05) is 73.0 Å². The summed E-state index contributed by atoms with van der Waals surface area (Å²) in [5.41, 5.74) is 3.47. The number of hydrogen-bond acceptors (Lipinski definition) is 6. The van der Waals surface area contributed by atoms with Crippen molar-refractivity contribution in [1.29, 1.82) is 0 Å². The number of nitrogens with one attached hydrogen (secondary N) is 2. The number of anilines is 2. The number of aliphatic carboxylic acids is 1. The van der Waals surface area contributed by atoms with E-state index in [1.165, 1.54) is 16.3 Å². The number of carbonyl (C=O) groups is 2. The van der Waals surface area contributed by atoms with Crippen LogP contribution >= 0.6 is 11.6 Å². The molecule has 1 amide bonds. The molecular formula is C32H34ClN5O3. The number of benzene rings is 3. The van der Waals surface area contributed by atoms with Crippen molar-refractivity contribution in [3.8, 4) is 0 Å². The first kappa shape index (κ1) is 28.4. The van der Waals surface area contributed by atoms with Crippen LogP contribution in [0.1, 0.15) is 48.2 Å². The molecule has 0 spiro atoms. The summed E-state index contributed by atoms with van der Waals surface area (Å²) in [6, 6.07) is 23.0. The lowest BCUT2D eigenvalue weighted by molar-refractivity contribution is -0.136. The summed E-state index contributed by atoms with van der Waals surface area (Å²) in [7, 11) is 1.72. The molecule has 1 saturated carbocycles. The topological polar surface area (TPSA) is 107 Å². The largest absolute Gasteiger partial charge is 0.481 e. The summed E-state index contributed by atoms with van der Waals surface area (Å²) in [4.78, 5) is 34.9. The third kappa shape index (κ3) is 7.52. The van der Waals surface area contributed by atoms with E-state index in [4.69, 9.17) is 11.6 Å². The molecule has 1 aliphatic rings. The van der Waals surface area contributed by atoms with Gasteiger partial charge in [0.15, 0.2) is 0 Å². The summed E-state index contributed by atoms with van der Waals surface area (Å²) in [6.07, 6.45) is 4.29. The fraction of sp³-hybridized carbons (Fsp3) is 0.312. The van der Waals surface area contributed by atoms with E-state index < -0.39 is 5.97 Å². The van der Waals surface area contributed by atoms with Gasteiger partial charge in [-0.05, 0) is 52.9 Å². The summed E-state index contributed by atoms with van der Waals surface area (Å²) in [5.74, 6) is -0.347. The number of carboxylic acid groups (broad SMARTS) is 1. The Kier molecular flexibility index (Phi) is 8.99. The van der Waals surface area contributed by atoms with Crippen molar-refractivity contribution >= 4 is 45.8 Å². The molecule has 0 atom stereocenters. The van der Waals surface area contributed by atoms with Crippen molar-refractivity contribution in [2.24, 2.45) is 0 Å². The molecule has 1 aromatic heterocycles. The van der Waals surface area contributed by atoms with Crippen LogP contribution in [0.15, 0.2) is 66.7 Å². The highest BCUT2D eigenvalue weighted by Crippen LogP contribution is 2.26. The third-order valence-electron chi connectivity index (χ3n) is 7.40. The van der Waals surface area contributed by atoms with Gasteiger partial charge in [-0.3, -0.25) is 9.59 Å². The predicted molar refractivity (Wildman–Crippen MR) is 163 cm³/mol. The molecule has 1 fully saturated rings. The number of rotatable bonds is 11. The van der Waals surface area contributed by atoms with E-state index >= 15 is 0 Å². The molecule has 0 saturated heterocycles. The van der Waals surface area contributed by atoms with Gasteiger partial charge in [0.05, 0.1) is 13.0 Å². The van der Waals surface area contributed by atoms with Crippen LogP contribution in [-0.2, 0) is 29.0 Å². The average Bonchev–Trinajstić information content (AvgIpc) is 3.46. The van der Waals surface area contributed by atoms with E-state index in [0.717, 1.165) is 36.9 Å². The number of aromatic nitrogens is 2. The maximum absolute atomic E-state index is 12.7. The average molecular weight is 572 g/mol. The summed E-state index contributed by atoms with van der Waals surface area (Å²) in [5, 5.41) is 18.5. The van der Waals surface area contributed by atoms with Crippen molar-refractivity contribution in [3.05, 3.63) is 94.4 Å². The Bertz CT molecular complexity index is 1540. The van der Waals surface area contributed by atoms with Gasteiger partial charge in [-0.2, -0.15) is 0 Å². The maximum Gasteiger partial charge on any atom is 0.308 e. The predicted octanol–water partition coefficient (Wildman–Crippen LogP) is 5.61. The van der Waals surface area contributed by atoms with E-state index in [0.29, 0.717) is 30.2 Å². The minimum Gasteiger partial charge on any atom is -0.481 e. The lowest BCUT2D eigenvalue weighted by Crippen LogP contribution is -2.40. The van der Waals surface area contributed by atoms with Crippen molar-refractivity contribution in [2.45, 2.75) is 51.1 Å². The fourth-order valence-electron chi connectivity index (χ4n) is 5.30. The lowest BCUT2D eigenvalue weighted by atomic mass is 10.1. The van der Waals surface area contributed by atoms with Crippen LogP contribution in [0.25, 0.3) is 10.8 Å². The minimum atomic E-state index is -1.04. The Hall–Kier alpha value is -4.17. The van der Waals surface area contributed by atoms with Crippen molar-refractivity contribution < 1.29 is 14.7 Å². The highest BCUT2D eigenvalue weighted by Gasteiger charge is 2.22. The van der Waals surface area contributed by atoms with Crippen molar-refractivity contribution in [1.82, 2.24) is 15.3 Å². The molecule has 1 heterocycles. The van der Waals surface area contributed by atoms with Gasteiger partial charge < -0.3 is 20.6 Å². The normalized spacial score (nSPS) is 13.3. The first-order valence-corrected chi connectivity index (χ1v) is 14.3. The molecular weight excluding hydrogens is 538 g/mol. The molecule has 0 bridgehead atoms. The quantitative estimate of drug-likeness (QED) is 0.201. The van der Waals surface area contributed by atoms with E-state index in [-0.39, 0.29) is 30.1 Å². The zero-order valence-corrected chi connectivity index (χ0v) is 23.8. The Morgan fingerprint density at radius 3 is 2.41 bits per heavy atom. The molecule has 3 aromatic carbocycles. The van der Waals surface area contributed by atoms with Gasteiger partial charge in [0.1, 0.15) is 16.8 Å². The van der Waals surface area contributed by atoms with Gasteiger partial charge in [-0.25, -0.2) is 9.97 Å². The van der Waals surface area contributed by atoms with Gasteiger partial charge in [0.25, 0.3) is 0 Å². The summed E-state index contributed by atoms with van der Waals surface area (Å²) in [6.45, 7) is 0.755. The van der Waals surface area contributed by atoms with Crippen LogP contribution < -0.4 is 15.5 Å². The molecule has 9 heteroatoms. The molecule has 41 heavy (non-hydrogen) atoms. The number of fused-ring (bicyclic) bond motifs is 1. The van der Waals surface area contributed by atoms with Crippen LogP contribution in [-0.4, -0.2) is 46.6 Å². The first-order valence-electron chi connectivity index (χ1n) is 13.9. The van der Waals surface area contributed by atoms with Gasteiger partial charge in [0, 0.05) is 37.3 Å². The Morgan fingerprint density at radius 2 is 1.68 bits per heavy atom. The number of likely N-dealkylation sites (N-methyl/N-ethyl adjacent to an activating group) is 1. The first-order chi connectivity index (χ1) is 19.8. The van der Waals surface area contributed by atoms with E-state index in [1.54, 1.807) is 11.9 Å². The summed E-state index contributed by atoms with van der Waals surface area (Å²) >= 11 is 6.47. The molecule has 8 nitrogen and oxygen atoms in total. The second-order valence-electron chi connectivity index (χ2n) is 10.6. The third-order valence-corrected chi connectivity index (χ3v) is 7.71. The fourth-order valence-corrected chi connectivity index (χ4v) is 5.54. The van der Waals surface area contributed by atoms with Crippen LogP contribution in [0.4, 0.5) is 11.5 Å². The Labute approximate surface area is 244 Å². The standard InChI is InChI=1S/C32H34ClN5O3/c1-38(20-29(39)35-26-8-4-5-9-26)32-27(18-30(40)41)31(33)36-28(37-32)17-21-11-14-25(15-12-21)34-19-22-10-13-23-6-2-3-7-24(23)16-22/h2-3,6-7,10-16,26,34H,4-5,8-9,17-20H2,1H3,(H,35,39)(H,40,41). The molecule has 4 aromatic rings. The molecule has 5 rings (SSSR count). The second-order valence-corrected chi connectivity index (χ2v) is 11.0.